The molecule has 1 saturated heterocycles. The maximum absolute atomic E-state index is 13.5. The van der Waals surface area contributed by atoms with Gasteiger partial charge in [0.1, 0.15) is 5.82 Å². The first kappa shape index (κ1) is 18.2. The second-order valence-corrected chi connectivity index (χ2v) is 7.11. The van der Waals surface area contributed by atoms with Gasteiger partial charge in [0.05, 0.1) is 5.92 Å². The molecule has 0 aromatic heterocycles. The van der Waals surface area contributed by atoms with Crippen LogP contribution in [0.1, 0.15) is 41.1 Å². The van der Waals surface area contributed by atoms with E-state index in [1.54, 1.807) is 29.2 Å². The number of carbonyl (C=O) groups excluding carboxylic acids is 3. The SMILES string of the molecule is O=C1CC(C(=O)Nc2cccc(C(=O)N3CCCC3)c2)c2ccc(F)cc2N1. The molecular formula is C21H20FN3O3. The number of nitrogens with zero attached hydrogens (tertiary/aromatic N) is 1. The zero-order valence-electron chi connectivity index (χ0n) is 15.2. The minimum absolute atomic E-state index is 0.0170. The number of hydrogen-bond acceptors (Lipinski definition) is 3. The van der Waals surface area contributed by atoms with Crippen molar-refractivity contribution in [2.45, 2.75) is 25.2 Å². The zero-order valence-corrected chi connectivity index (χ0v) is 15.2. The molecular weight excluding hydrogens is 361 g/mol. The van der Waals surface area contributed by atoms with Crippen LogP contribution in [0.25, 0.3) is 0 Å². The molecule has 4 rings (SSSR count). The van der Waals surface area contributed by atoms with Crippen molar-refractivity contribution in [2.75, 3.05) is 23.7 Å². The predicted octanol–water partition coefficient (Wildman–Crippen LogP) is 3.13. The minimum Gasteiger partial charge on any atom is -0.339 e. The molecule has 0 spiro atoms. The van der Waals surface area contributed by atoms with Gasteiger partial charge in [0.25, 0.3) is 5.91 Å². The van der Waals surface area contributed by atoms with Crippen molar-refractivity contribution in [2.24, 2.45) is 0 Å². The van der Waals surface area contributed by atoms with Crippen LogP contribution >= 0.6 is 0 Å². The molecule has 2 aromatic carbocycles. The van der Waals surface area contributed by atoms with E-state index in [9.17, 15) is 18.8 Å². The fourth-order valence-electron chi connectivity index (χ4n) is 3.73. The summed E-state index contributed by atoms with van der Waals surface area (Å²) in [7, 11) is 0. The van der Waals surface area contributed by atoms with Crippen LogP contribution in [0.5, 0.6) is 0 Å². The third kappa shape index (κ3) is 3.60. The first-order valence-electron chi connectivity index (χ1n) is 9.31. The largest absolute Gasteiger partial charge is 0.339 e. The van der Waals surface area contributed by atoms with Crippen molar-refractivity contribution in [3.63, 3.8) is 0 Å². The normalized spacial score (nSPS) is 18.4. The quantitative estimate of drug-likeness (QED) is 0.857. The smallest absolute Gasteiger partial charge is 0.253 e. The van der Waals surface area contributed by atoms with Crippen LogP contribution in [0.4, 0.5) is 15.8 Å². The Bertz CT molecular complexity index is 954. The summed E-state index contributed by atoms with van der Waals surface area (Å²) in [4.78, 5) is 39.1. The molecule has 7 heteroatoms. The lowest BCUT2D eigenvalue weighted by atomic mass is 9.89. The Balaban J connectivity index is 1.53. The lowest BCUT2D eigenvalue weighted by Gasteiger charge is -2.25. The molecule has 1 atom stereocenters. The van der Waals surface area contributed by atoms with Gasteiger partial charge in [-0.3, -0.25) is 14.4 Å². The molecule has 0 saturated carbocycles. The number of anilines is 2. The third-order valence-electron chi connectivity index (χ3n) is 5.14. The molecule has 28 heavy (non-hydrogen) atoms. The summed E-state index contributed by atoms with van der Waals surface area (Å²) < 4.78 is 13.5. The molecule has 144 valence electrons. The van der Waals surface area contributed by atoms with Gasteiger partial charge in [-0.25, -0.2) is 4.39 Å². The van der Waals surface area contributed by atoms with Gasteiger partial charge in [0, 0.05) is 36.4 Å². The third-order valence-corrected chi connectivity index (χ3v) is 5.14. The van der Waals surface area contributed by atoms with Crippen molar-refractivity contribution < 1.29 is 18.8 Å². The van der Waals surface area contributed by atoms with Gasteiger partial charge < -0.3 is 15.5 Å². The van der Waals surface area contributed by atoms with E-state index in [2.05, 4.69) is 10.6 Å². The van der Waals surface area contributed by atoms with Crippen LogP contribution in [0.3, 0.4) is 0 Å². The highest BCUT2D eigenvalue weighted by molar-refractivity contribution is 6.05. The maximum atomic E-state index is 13.5. The lowest BCUT2D eigenvalue weighted by molar-refractivity contribution is -0.123. The van der Waals surface area contributed by atoms with Crippen molar-refractivity contribution in [1.29, 1.82) is 0 Å². The standard InChI is InChI=1S/C21H20FN3O3/c22-14-6-7-16-17(12-19(26)24-18(16)11-14)20(27)23-15-5-3-4-13(10-15)21(28)25-8-1-2-9-25/h3-7,10-11,17H,1-2,8-9,12H2,(H,23,27)(H,24,26). The molecule has 0 radical (unpaired) electrons. The monoisotopic (exact) mass is 381 g/mol. The van der Waals surface area contributed by atoms with Crippen LogP contribution in [0.2, 0.25) is 0 Å². The molecule has 2 heterocycles. The van der Waals surface area contributed by atoms with E-state index in [4.69, 9.17) is 0 Å². The summed E-state index contributed by atoms with van der Waals surface area (Å²) in [5, 5.41) is 5.39. The molecule has 2 aliphatic rings. The van der Waals surface area contributed by atoms with Gasteiger partial charge >= 0.3 is 0 Å². The highest BCUT2D eigenvalue weighted by Crippen LogP contribution is 2.33. The highest BCUT2D eigenvalue weighted by atomic mass is 19.1. The van der Waals surface area contributed by atoms with Crippen LogP contribution in [0.15, 0.2) is 42.5 Å². The van der Waals surface area contributed by atoms with E-state index < -0.39 is 11.7 Å². The first-order chi connectivity index (χ1) is 13.5. The topological polar surface area (TPSA) is 78.5 Å². The molecule has 2 aliphatic heterocycles. The number of benzene rings is 2. The van der Waals surface area contributed by atoms with Crippen LogP contribution in [-0.2, 0) is 9.59 Å². The number of nitrogens with one attached hydrogen (secondary N) is 2. The summed E-state index contributed by atoms with van der Waals surface area (Å²) in [6.07, 6.45) is 1.99. The fraction of sp³-hybridized carbons (Fsp3) is 0.286. The van der Waals surface area contributed by atoms with Crippen molar-refractivity contribution in [1.82, 2.24) is 4.90 Å². The fourth-order valence-corrected chi connectivity index (χ4v) is 3.73. The van der Waals surface area contributed by atoms with Crippen molar-refractivity contribution in [3.8, 4) is 0 Å². The number of fused-ring (bicyclic) bond motifs is 1. The number of amides is 3. The average molecular weight is 381 g/mol. The summed E-state index contributed by atoms with van der Waals surface area (Å²) in [6, 6.07) is 10.8. The van der Waals surface area contributed by atoms with Gasteiger partial charge in [0.2, 0.25) is 11.8 Å². The Kier molecular flexibility index (Phi) is 4.81. The van der Waals surface area contributed by atoms with E-state index in [-0.39, 0.29) is 24.1 Å². The Morgan fingerprint density at radius 1 is 1.11 bits per heavy atom. The Hall–Kier alpha value is -3.22. The zero-order chi connectivity index (χ0) is 19.7. The molecule has 2 N–H and O–H groups in total. The van der Waals surface area contributed by atoms with Crippen LogP contribution < -0.4 is 10.6 Å². The number of likely N-dealkylation sites (tertiary alicyclic amines) is 1. The van der Waals surface area contributed by atoms with Gasteiger partial charge in [0.15, 0.2) is 0 Å². The number of hydrogen-bond donors (Lipinski definition) is 2. The van der Waals surface area contributed by atoms with Crippen molar-refractivity contribution in [3.05, 3.63) is 59.4 Å². The average Bonchev–Trinajstić information content (AvgIpc) is 3.21. The Morgan fingerprint density at radius 2 is 1.89 bits per heavy atom. The lowest BCUT2D eigenvalue weighted by Crippen LogP contribution is -2.31. The number of rotatable bonds is 3. The molecule has 1 fully saturated rings. The molecule has 3 amide bonds. The molecule has 2 aromatic rings. The number of halogens is 1. The van der Waals surface area contributed by atoms with E-state index >= 15 is 0 Å². The maximum Gasteiger partial charge on any atom is 0.253 e. The van der Waals surface area contributed by atoms with Gasteiger partial charge in [-0.2, -0.15) is 0 Å². The molecule has 0 bridgehead atoms. The molecule has 1 unspecified atom stereocenters. The summed E-state index contributed by atoms with van der Waals surface area (Å²) in [5.74, 6) is -1.95. The van der Waals surface area contributed by atoms with Gasteiger partial charge in [-0.05, 0) is 48.7 Å². The molecule has 0 aliphatic carbocycles. The second-order valence-electron chi connectivity index (χ2n) is 7.11. The van der Waals surface area contributed by atoms with Crippen LogP contribution in [0, 0.1) is 5.82 Å². The van der Waals surface area contributed by atoms with E-state index in [1.807, 2.05) is 0 Å². The minimum atomic E-state index is -0.720. The van der Waals surface area contributed by atoms with E-state index in [0.29, 0.717) is 22.5 Å². The Morgan fingerprint density at radius 3 is 2.68 bits per heavy atom. The summed E-state index contributed by atoms with van der Waals surface area (Å²) in [5.41, 5.74) is 1.89. The van der Waals surface area contributed by atoms with Crippen LogP contribution in [-0.4, -0.2) is 35.7 Å². The van der Waals surface area contributed by atoms with Gasteiger partial charge in [-0.15, -0.1) is 0 Å². The van der Waals surface area contributed by atoms with E-state index in [0.717, 1.165) is 25.9 Å². The first-order valence-corrected chi connectivity index (χ1v) is 9.31. The van der Waals surface area contributed by atoms with Gasteiger partial charge in [-0.1, -0.05) is 12.1 Å². The van der Waals surface area contributed by atoms with Crippen molar-refractivity contribution >= 4 is 29.1 Å². The summed E-state index contributed by atoms with van der Waals surface area (Å²) >= 11 is 0. The highest BCUT2D eigenvalue weighted by Gasteiger charge is 2.31. The van der Waals surface area contributed by atoms with E-state index in [1.165, 1.54) is 18.2 Å². The predicted molar refractivity (Wildman–Crippen MR) is 103 cm³/mol. The number of carbonyl (C=O) groups is 3. The Labute approximate surface area is 161 Å². The summed E-state index contributed by atoms with van der Waals surface area (Å²) in [6.45, 7) is 1.50. The molecule has 6 nitrogen and oxygen atoms in total. The second kappa shape index (κ2) is 7.42.